The molecule has 17 heavy (non-hydrogen) atoms. The second-order valence-electron chi connectivity index (χ2n) is 3.52. The van der Waals surface area contributed by atoms with Crippen molar-refractivity contribution in [3.63, 3.8) is 0 Å². The third kappa shape index (κ3) is 1.58. The standard InChI is InChI=1S/C11H7N3O2S/c15-14(16)9-3-1-2-7-6-8(13-10(7)9)11-12-4-5-17-11/h1-6,13H. The lowest BCUT2D eigenvalue weighted by molar-refractivity contribution is -0.383. The van der Waals surface area contributed by atoms with E-state index in [-0.39, 0.29) is 10.6 Å². The largest absolute Gasteiger partial charge is 0.347 e. The van der Waals surface area contributed by atoms with Crippen LogP contribution in [0.2, 0.25) is 0 Å². The highest BCUT2D eigenvalue weighted by molar-refractivity contribution is 7.13. The van der Waals surface area contributed by atoms with Gasteiger partial charge in [-0.05, 0) is 6.07 Å². The first-order valence-electron chi connectivity index (χ1n) is 4.92. The molecule has 0 radical (unpaired) electrons. The molecule has 0 aliphatic rings. The molecular formula is C11H7N3O2S. The van der Waals surface area contributed by atoms with E-state index in [9.17, 15) is 10.1 Å². The van der Waals surface area contributed by atoms with Crippen LogP contribution in [0.1, 0.15) is 0 Å². The Labute approximate surface area is 99.9 Å². The van der Waals surface area contributed by atoms with Crippen LogP contribution < -0.4 is 0 Å². The predicted octanol–water partition coefficient (Wildman–Crippen LogP) is 3.20. The van der Waals surface area contributed by atoms with E-state index >= 15 is 0 Å². The van der Waals surface area contributed by atoms with Crippen molar-refractivity contribution in [3.05, 3.63) is 46.0 Å². The van der Waals surface area contributed by atoms with Gasteiger partial charge in [0.2, 0.25) is 0 Å². The van der Waals surface area contributed by atoms with E-state index in [1.54, 1.807) is 12.3 Å². The molecule has 0 aliphatic carbocycles. The Hall–Kier alpha value is -2.21. The smallest absolute Gasteiger partial charge is 0.293 e. The number of aromatic nitrogens is 2. The van der Waals surface area contributed by atoms with E-state index < -0.39 is 0 Å². The van der Waals surface area contributed by atoms with Crippen LogP contribution in [0.3, 0.4) is 0 Å². The van der Waals surface area contributed by atoms with Crippen molar-refractivity contribution < 1.29 is 4.92 Å². The molecule has 2 aromatic heterocycles. The first-order chi connectivity index (χ1) is 8.25. The summed E-state index contributed by atoms with van der Waals surface area (Å²) in [6, 6.07) is 6.89. The molecule has 5 nitrogen and oxygen atoms in total. The van der Waals surface area contributed by atoms with Gasteiger partial charge in [0, 0.05) is 23.0 Å². The number of para-hydroxylation sites is 1. The Morgan fingerprint density at radius 3 is 3.00 bits per heavy atom. The summed E-state index contributed by atoms with van der Waals surface area (Å²) in [6.07, 6.45) is 1.71. The second-order valence-corrected chi connectivity index (χ2v) is 4.41. The average molecular weight is 245 g/mol. The van der Waals surface area contributed by atoms with Crippen molar-refractivity contribution in [3.8, 4) is 10.7 Å². The van der Waals surface area contributed by atoms with Crippen LogP contribution in [-0.4, -0.2) is 14.9 Å². The quantitative estimate of drug-likeness (QED) is 0.556. The molecule has 84 valence electrons. The molecule has 2 heterocycles. The maximum Gasteiger partial charge on any atom is 0.293 e. The van der Waals surface area contributed by atoms with Gasteiger partial charge in [0.05, 0.1) is 10.6 Å². The van der Waals surface area contributed by atoms with Gasteiger partial charge < -0.3 is 4.98 Å². The van der Waals surface area contributed by atoms with Gasteiger partial charge in [-0.1, -0.05) is 12.1 Å². The zero-order valence-electron chi connectivity index (χ0n) is 8.58. The zero-order valence-corrected chi connectivity index (χ0v) is 9.40. The molecule has 0 saturated carbocycles. The number of nitrogens with zero attached hydrogens (tertiary/aromatic N) is 2. The SMILES string of the molecule is O=[N+]([O-])c1cccc2cc(-c3nccs3)[nH]c12. The number of nitrogens with one attached hydrogen (secondary N) is 1. The van der Waals surface area contributed by atoms with E-state index in [0.29, 0.717) is 5.52 Å². The van der Waals surface area contributed by atoms with Gasteiger partial charge in [0.15, 0.2) is 0 Å². The summed E-state index contributed by atoms with van der Waals surface area (Å²) >= 11 is 1.49. The van der Waals surface area contributed by atoms with Gasteiger partial charge in [-0.3, -0.25) is 10.1 Å². The van der Waals surface area contributed by atoms with Crippen LogP contribution in [0.25, 0.3) is 21.6 Å². The van der Waals surface area contributed by atoms with E-state index in [4.69, 9.17) is 0 Å². The van der Waals surface area contributed by atoms with Crippen molar-refractivity contribution in [1.82, 2.24) is 9.97 Å². The van der Waals surface area contributed by atoms with Crippen molar-refractivity contribution in [1.29, 1.82) is 0 Å². The van der Waals surface area contributed by atoms with Crippen LogP contribution in [-0.2, 0) is 0 Å². The number of nitro benzene ring substituents is 1. The van der Waals surface area contributed by atoms with Crippen LogP contribution in [0, 0.1) is 10.1 Å². The minimum atomic E-state index is -0.384. The molecule has 1 N–H and O–H groups in total. The number of H-pyrrole nitrogens is 1. The Morgan fingerprint density at radius 1 is 1.41 bits per heavy atom. The number of fused-ring (bicyclic) bond motifs is 1. The molecule has 0 unspecified atom stereocenters. The number of hydrogen-bond acceptors (Lipinski definition) is 4. The minimum absolute atomic E-state index is 0.0882. The molecule has 6 heteroatoms. The molecule has 0 amide bonds. The number of hydrogen-bond donors (Lipinski definition) is 1. The first-order valence-corrected chi connectivity index (χ1v) is 5.79. The third-order valence-corrected chi connectivity index (χ3v) is 3.30. The van der Waals surface area contributed by atoms with Crippen molar-refractivity contribution >= 4 is 27.9 Å². The lowest BCUT2D eigenvalue weighted by Gasteiger charge is -1.92. The molecule has 0 bridgehead atoms. The normalized spacial score (nSPS) is 10.8. The number of thiazole rings is 1. The van der Waals surface area contributed by atoms with E-state index in [1.807, 2.05) is 17.5 Å². The van der Waals surface area contributed by atoms with E-state index in [0.717, 1.165) is 16.1 Å². The topological polar surface area (TPSA) is 71.8 Å². The van der Waals surface area contributed by atoms with Crippen molar-refractivity contribution in [2.24, 2.45) is 0 Å². The van der Waals surface area contributed by atoms with Gasteiger partial charge in [0.1, 0.15) is 10.5 Å². The summed E-state index contributed by atoms with van der Waals surface area (Å²) in [5.41, 5.74) is 1.44. The first kappa shape index (κ1) is 9.98. The van der Waals surface area contributed by atoms with Crippen LogP contribution in [0.15, 0.2) is 35.8 Å². The predicted molar refractivity (Wildman–Crippen MR) is 66.1 cm³/mol. The van der Waals surface area contributed by atoms with Gasteiger partial charge in [0.25, 0.3) is 5.69 Å². The van der Waals surface area contributed by atoms with Crippen molar-refractivity contribution in [2.45, 2.75) is 0 Å². The molecule has 0 fully saturated rings. The molecule has 3 rings (SSSR count). The number of non-ortho nitro benzene ring substituents is 1. The summed E-state index contributed by atoms with van der Waals surface area (Å²) in [4.78, 5) is 17.7. The molecule has 1 aromatic carbocycles. The monoisotopic (exact) mass is 245 g/mol. The van der Waals surface area contributed by atoms with E-state index in [1.165, 1.54) is 17.4 Å². The Balaban J connectivity index is 2.26. The summed E-state index contributed by atoms with van der Waals surface area (Å²) in [5, 5.41) is 14.4. The van der Waals surface area contributed by atoms with Gasteiger partial charge in [-0.2, -0.15) is 0 Å². The van der Waals surface area contributed by atoms with Crippen LogP contribution in [0.4, 0.5) is 5.69 Å². The van der Waals surface area contributed by atoms with Crippen LogP contribution in [0.5, 0.6) is 0 Å². The lowest BCUT2D eigenvalue weighted by atomic mass is 10.2. The molecule has 0 saturated heterocycles. The van der Waals surface area contributed by atoms with Crippen LogP contribution >= 0.6 is 11.3 Å². The summed E-state index contributed by atoms with van der Waals surface area (Å²) in [6.45, 7) is 0. The molecule has 0 atom stereocenters. The average Bonchev–Trinajstić information content (AvgIpc) is 2.96. The van der Waals surface area contributed by atoms with E-state index in [2.05, 4.69) is 9.97 Å². The summed E-state index contributed by atoms with van der Waals surface area (Å²) in [5.74, 6) is 0. The third-order valence-electron chi connectivity index (χ3n) is 2.49. The maximum absolute atomic E-state index is 10.9. The number of aromatic amines is 1. The molecule has 0 spiro atoms. The fourth-order valence-electron chi connectivity index (χ4n) is 1.76. The molecule has 0 aliphatic heterocycles. The fraction of sp³-hybridized carbons (Fsp3) is 0. The number of nitro groups is 1. The van der Waals surface area contributed by atoms with Gasteiger partial charge in [-0.15, -0.1) is 11.3 Å². The molecular weight excluding hydrogens is 238 g/mol. The Bertz CT molecular complexity index is 688. The summed E-state index contributed by atoms with van der Waals surface area (Å²) < 4.78 is 0. The fourth-order valence-corrected chi connectivity index (χ4v) is 2.37. The number of rotatable bonds is 2. The van der Waals surface area contributed by atoms with Gasteiger partial charge in [-0.25, -0.2) is 4.98 Å². The Morgan fingerprint density at radius 2 is 2.29 bits per heavy atom. The van der Waals surface area contributed by atoms with Gasteiger partial charge >= 0.3 is 0 Å². The highest BCUT2D eigenvalue weighted by Crippen LogP contribution is 2.30. The minimum Gasteiger partial charge on any atom is -0.347 e. The summed E-state index contributed by atoms with van der Waals surface area (Å²) in [7, 11) is 0. The highest BCUT2D eigenvalue weighted by atomic mass is 32.1. The number of benzene rings is 1. The zero-order chi connectivity index (χ0) is 11.8. The second kappa shape index (κ2) is 3.67. The lowest BCUT2D eigenvalue weighted by Crippen LogP contribution is -1.88. The highest BCUT2D eigenvalue weighted by Gasteiger charge is 2.14. The Kier molecular flexibility index (Phi) is 2.15. The maximum atomic E-state index is 10.9. The molecule has 3 aromatic rings. The van der Waals surface area contributed by atoms with Crippen molar-refractivity contribution in [2.75, 3.05) is 0 Å².